The second-order valence-corrected chi connectivity index (χ2v) is 8.39. The molecule has 140 valence electrons. The zero-order valence-electron chi connectivity index (χ0n) is 14.8. The van der Waals surface area contributed by atoms with Crippen LogP contribution in [0.4, 0.5) is 0 Å². The molecule has 1 aromatic heterocycles. The summed E-state index contributed by atoms with van der Waals surface area (Å²) in [6, 6.07) is 19.1. The molecule has 7 heteroatoms. The third-order valence-electron chi connectivity index (χ3n) is 4.51. The number of nitrogens with zero attached hydrogens (tertiary/aromatic N) is 2. The van der Waals surface area contributed by atoms with E-state index in [1.165, 1.54) is 0 Å². The predicted molar refractivity (Wildman–Crippen MR) is 103 cm³/mol. The van der Waals surface area contributed by atoms with Gasteiger partial charge in [-0.15, -0.1) is 0 Å². The van der Waals surface area contributed by atoms with Crippen molar-refractivity contribution in [1.29, 1.82) is 0 Å². The Bertz CT molecular complexity index is 1000. The number of ether oxygens (including phenoxy) is 1. The summed E-state index contributed by atoms with van der Waals surface area (Å²) in [5.41, 5.74) is 2.72. The molecule has 27 heavy (non-hydrogen) atoms. The van der Waals surface area contributed by atoms with Crippen molar-refractivity contribution >= 4 is 10.0 Å². The Morgan fingerprint density at radius 3 is 2.52 bits per heavy atom. The van der Waals surface area contributed by atoms with Gasteiger partial charge in [0.15, 0.2) is 0 Å². The lowest BCUT2D eigenvalue weighted by atomic mass is 10.2. The maximum absolute atomic E-state index is 12.3. The first-order valence-electron chi connectivity index (χ1n) is 8.83. The van der Waals surface area contributed by atoms with Gasteiger partial charge in [0, 0.05) is 18.3 Å². The number of aromatic nitrogens is 2. The second kappa shape index (κ2) is 7.64. The highest BCUT2D eigenvalue weighted by Crippen LogP contribution is 2.22. The largest absolute Gasteiger partial charge is 0.367 e. The molecule has 0 saturated heterocycles. The third-order valence-corrected chi connectivity index (χ3v) is 5.83. The van der Waals surface area contributed by atoms with Crippen LogP contribution in [-0.4, -0.2) is 30.6 Å². The minimum Gasteiger partial charge on any atom is -0.367 e. The van der Waals surface area contributed by atoms with E-state index in [-0.39, 0.29) is 18.4 Å². The molecule has 0 spiro atoms. The van der Waals surface area contributed by atoms with Gasteiger partial charge in [-0.05, 0) is 5.56 Å². The molecule has 0 radical (unpaired) electrons. The molecule has 2 heterocycles. The first-order chi connectivity index (χ1) is 13.1. The number of nitrogens with one attached hydrogen (secondary N) is 1. The first-order valence-corrected chi connectivity index (χ1v) is 10.5. The van der Waals surface area contributed by atoms with Gasteiger partial charge in [0.1, 0.15) is 12.4 Å². The van der Waals surface area contributed by atoms with Gasteiger partial charge in [0.05, 0.1) is 24.1 Å². The molecular formula is C20H21N3O3S. The zero-order chi connectivity index (χ0) is 18.7. The zero-order valence-corrected chi connectivity index (χ0v) is 15.6. The van der Waals surface area contributed by atoms with E-state index in [0.29, 0.717) is 13.2 Å². The fourth-order valence-corrected chi connectivity index (χ4v) is 4.30. The number of rotatable bonds is 6. The van der Waals surface area contributed by atoms with Crippen molar-refractivity contribution in [2.75, 3.05) is 6.54 Å². The van der Waals surface area contributed by atoms with Gasteiger partial charge in [0.2, 0.25) is 10.0 Å². The van der Waals surface area contributed by atoms with E-state index in [2.05, 4.69) is 9.71 Å². The summed E-state index contributed by atoms with van der Waals surface area (Å²) < 4.78 is 35.1. The Kier molecular flexibility index (Phi) is 5.07. The summed E-state index contributed by atoms with van der Waals surface area (Å²) in [6.45, 7) is 1.19. The summed E-state index contributed by atoms with van der Waals surface area (Å²) in [6.07, 6.45) is 1.78. The fraction of sp³-hybridized carbons (Fsp3) is 0.250. The van der Waals surface area contributed by atoms with Crippen LogP contribution in [0.25, 0.3) is 11.3 Å². The maximum Gasteiger partial charge on any atom is 0.215 e. The Balaban J connectivity index is 1.38. The lowest BCUT2D eigenvalue weighted by Crippen LogP contribution is -2.39. The Morgan fingerprint density at radius 2 is 1.78 bits per heavy atom. The smallest absolute Gasteiger partial charge is 0.215 e. The number of hydrogen-bond donors (Lipinski definition) is 1. The van der Waals surface area contributed by atoms with Crippen LogP contribution in [0.1, 0.15) is 11.4 Å². The van der Waals surface area contributed by atoms with Gasteiger partial charge < -0.3 is 9.30 Å². The quantitative estimate of drug-likeness (QED) is 0.710. The topological polar surface area (TPSA) is 73.2 Å². The molecule has 0 unspecified atom stereocenters. The average molecular weight is 383 g/mol. The van der Waals surface area contributed by atoms with Crippen LogP contribution in [0.15, 0.2) is 66.9 Å². The average Bonchev–Trinajstić information content (AvgIpc) is 3.11. The normalized spacial score (nSPS) is 16.8. The Labute approximate surface area is 158 Å². The van der Waals surface area contributed by atoms with E-state index in [1.807, 2.05) is 59.3 Å². The minimum absolute atomic E-state index is 0.0327. The molecule has 1 atom stereocenters. The number of benzene rings is 2. The van der Waals surface area contributed by atoms with Crippen molar-refractivity contribution in [2.24, 2.45) is 0 Å². The van der Waals surface area contributed by atoms with Gasteiger partial charge in [-0.1, -0.05) is 60.7 Å². The summed E-state index contributed by atoms with van der Waals surface area (Å²) in [5.74, 6) is 0.826. The molecule has 0 saturated carbocycles. The highest BCUT2D eigenvalue weighted by Gasteiger charge is 2.23. The van der Waals surface area contributed by atoms with Crippen LogP contribution in [0.5, 0.6) is 0 Å². The standard InChI is InChI=1S/C20H21N3O3S/c24-27(25,15-16-7-3-1-4-8-16)21-11-18-12-23-13-19(22-20(23)14-26-18)17-9-5-2-6-10-17/h1-10,13,18,21H,11-12,14-15H2/t18-/m0/s1. The molecule has 1 N–H and O–H groups in total. The molecule has 3 aromatic rings. The molecular weight excluding hydrogens is 362 g/mol. The van der Waals surface area contributed by atoms with Gasteiger partial charge in [-0.2, -0.15) is 0 Å². The van der Waals surface area contributed by atoms with Crippen LogP contribution in [0.2, 0.25) is 0 Å². The van der Waals surface area contributed by atoms with Crippen LogP contribution in [-0.2, 0) is 33.7 Å². The predicted octanol–water partition coefficient (Wildman–Crippen LogP) is 2.57. The maximum atomic E-state index is 12.3. The number of sulfonamides is 1. The van der Waals surface area contributed by atoms with Gasteiger partial charge in [-0.25, -0.2) is 18.1 Å². The third kappa shape index (κ3) is 4.44. The van der Waals surface area contributed by atoms with Crippen molar-refractivity contribution in [3.8, 4) is 11.3 Å². The first kappa shape index (κ1) is 17.9. The summed E-state index contributed by atoms with van der Waals surface area (Å²) in [5, 5.41) is 0. The van der Waals surface area contributed by atoms with Crippen molar-refractivity contribution in [1.82, 2.24) is 14.3 Å². The van der Waals surface area contributed by atoms with Crippen LogP contribution < -0.4 is 4.72 Å². The number of fused-ring (bicyclic) bond motifs is 1. The van der Waals surface area contributed by atoms with Crippen LogP contribution in [0, 0.1) is 0 Å². The van der Waals surface area contributed by atoms with Gasteiger partial charge >= 0.3 is 0 Å². The fourth-order valence-electron chi connectivity index (χ4n) is 3.13. The Hall–Kier alpha value is -2.48. The molecule has 0 amide bonds. The van der Waals surface area contributed by atoms with E-state index < -0.39 is 10.0 Å². The molecule has 0 bridgehead atoms. The van der Waals surface area contributed by atoms with E-state index in [0.717, 1.165) is 22.6 Å². The lowest BCUT2D eigenvalue weighted by Gasteiger charge is -2.24. The molecule has 0 aliphatic carbocycles. The van der Waals surface area contributed by atoms with Crippen molar-refractivity contribution in [2.45, 2.75) is 25.0 Å². The van der Waals surface area contributed by atoms with Crippen LogP contribution in [0.3, 0.4) is 0 Å². The van der Waals surface area contributed by atoms with E-state index in [1.54, 1.807) is 12.1 Å². The minimum atomic E-state index is -3.40. The second-order valence-electron chi connectivity index (χ2n) is 6.59. The molecule has 0 fully saturated rings. The van der Waals surface area contributed by atoms with Gasteiger partial charge in [-0.3, -0.25) is 0 Å². The van der Waals surface area contributed by atoms with Crippen molar-refractivity contribution in [3.63, 3.8) is 0 Å². The molecule has 6 nitrogen and oxygen atoms in total. The summed E-state index contributed by atoms with van der Waals surface area (Å²) >= 11 is 0. The number of imidazole rings is 1. The molecule has 1 aliphatic heterocycles. The van der Waals surface area contributed by atoms with E-state index >= 15 is 0 Å². The van der Waals surface area contributed by atoms with Crippen molar-refractivity contribution in [3.05, 3.63) is 78.2 Å². The SMILES string of the molecule is O=S(=O)(Cc1ccccc1)NC[C@H]1Cn2cc(-c3ccccc3)nc2CO1. The summed E-state index contributed by atoms with van der Waals surface area (Å²) in [4.78, 5) is 4.62. The highest BCUT2D eigenvalue weighted by molar-refractivity contribution is 7.88. The molecule has 2 aromatic carbocycles. The lowest BCUT2D eigenvalue weighted by molar-refractivity contribution is 0.00585. The monoisotopic (exact) mass is 383 g/mol. The van der Waals surface area contributed by atoms with Crippen LogP contribution >= 0.6 is 0 Å². The Morgan fingerprint density at radius 1 is 1.07 bits per heavy atom. The highest BCUT2D eigenvalue weighted by atomic mass is 32.2. The molecule has 1 aliphatic rings. The molecule has 4 rings (SSSR count). The van der Waals surface area contributed by atoms with E-state index in [4.69, 9.17) is 4.74 Å². The number of hydrogen-bond acceptors (Lipinski definition) is 4. The summed E-state index contributed by atoms with van der Waals surface area (Å²) in [7, 11) is -3.40. The van der Waals surface area contributed by atoms with Crippen molar-refractivity contribution < 1.29 is 13.2 Å². The van der Waals surface area contributed by atoms with E-state index in [9.17, 15) is 8.42 Å². The van der Waals surface area contributed by atoms with Gasteiger partial charge in [0.25, 0.3) is 0 Å².